The number of amides is 2. The van der Waals surface area contributed by atoms with Crippen LogP contribution in [-0.2, 0) is 14.3 Å². The highest BCUT2D eigenvalue weighted by molar-refractivity contribution is 5.79. The van der Waals surface area contributed by atoms with Crippen molar-refractivity contribution in [2.75, 3.05) is 13.2 Å². The molecule has 0 saturated heterocycles. The Morgan fingerprint density at radius 2 is 1.55 bits per heavy atom. The Morgan fingerprint density at radius 1 is 0.939 bits per heavy atom. The van der Waals surface area contributed by atoms with Gasteiger partial charge in [-0.1, -0.05) is 48.5 Å². The Kier molecular flexibility index (Phi) is 8.09. The number of alkyl carbamates (subject to hydrolysis) is 1. The Labute approximate surface area is 194 Å². The van der Waals surface area contributed by atoms with E-state index in [-0.39, 0.29) is 31.3 Å². The standard InChI is InChI=1S/C26H32N2O5/c1-26(2,15-14-23(29)27-16-8-7-13-24(30)31)28-25(32)33-17-22-20-11-5-3-9-18(20)19-10-4-6-12-21(19)22/h3-6,9-12,22H,7-8,13-17H2,1-2H3,(H,27,29)(H,28,32)(H,30,31). The number of carbonyl (C=O) groups is 3. The van der Waals surface area contributed by atoms with Gasteiger partial charge in [-0.3, -0.25) is 9.59 Å². The number of hydrogen-bond acceptors (Lipinski definition) is 4. The van der Waals surface area contributed by atoms with Crippen molar-refractivity contribution in [3.8, 4) is 11.1 Å². The molecule has 2 aromatic carbocycles. The number of unbranched alkanes of at least 4 members (excludes halogenated alkanes) is 1. The third kappa shape index (κ3) is 6.81. The van der Waals surface area contributed by atoms with Crippen molar-refractivity contribution in [2.24, 2.45) is 0 Å². The Bertz CT molecular complexity index is 956. The lowest BCUT2D eigenvalue weighted by Crippen LogP contribution is -2.44. The molecule has 0 aromatic heterocycles. The highest BCUT2D eigenvalue weighted by Gasteiger charge is 2.30. The van der Waals surface area contributed by atoms with Gasteiger partial charge in [0.25, 0.3) is 0 Å². The largest absolute Gasteiger partial charge is 0.481 e. The number of rotatable bonds is 11. The molecule has 0 fully saturated rings. The number of ether oxygens (including phenoxy) is 1. The van der Waals surface area contributed by atoms with Crippen molar-refractivity contribution < 1.29 is 24.2 Å². The molecule has 7 nitrogen and oxygen atoms in total. The molecule has 3 rings (SSSR count). The van der Waals surface area contributed by atoms with Crippen molar-refractivity contribution in [1.82, 2.24) is 10.6 Å². The molecular weight excluding hydrogens is 420 g/mol. The molecule has 2 amide bonds. The molecule has 0 bridgehead atoms. The summed E-state index contributed by atoms with van der Waals surface area (Å²) in [5, 5.41) is 14.3. The average molecular weight is 453 g/mol. The lowest BCUT2D eigenvalue weighted by Gasteiger charge is -2.26. The first kappa shape index (κ1) is 24.3. The fourth-order valence-electron chi connectivity index (χ4n) is 4.12. The van der Waals surface area contributed by atoms with Crippen LogP contribution < -0.4 is 10.6 Å². The highest BCUT2D eigenvalue weighted by Crippen LogP contribution is 2.44. The van der Waals surface area contributed by atoms with Crippen LogP contribution in [0.15, 0.2) is 48.5 Å². The van der Waals surface area contributed by atoms with Crippen LogP contribution in [0.3, 0.4) is 0 Å². The molecule has 0 radical (unpaired) electrons. The zero-order valence-corrected chi connectivity index (χ0v) is 19.2. The second-order valence-electron chi connectivity index (χ2n) is 9.04. The summed E-state index contributed by atoms with van der Waals surface area (Å²) in [6, 6.07) is 16.4. The van der Waals surface area contributed by atoms with E-state index in [9.17, 15) is 14.4 Å². The minimum Gasteiger partial charge on any atom is -0.481 e. The lowest BCUT2D eigenvalue weighted by molar-refractivity contribution is -0.137. The van der Waals surface area contributed by atoms with Gasteiger partial charge in [0.15, 0.2) is 0 Å². The SMILES string of the molecule is CC(C)(CCC(=O)NCCCCC(=O)O)NC(=O)OCC1c2ccccc2-c2ccccc21. The minimum atomic E-state index is -0.831. The fraction of sp³-hybridized carbons (Fsp3) is 0.423. The van der Waals surface area contributed by atoms with Crippen molar-refractivity contribution in [3.63, 3.8) is 0 Å². The Hall–Kier alpha value is -3.35. The smallest absolute Gasteiger partial charge is 0.407 e. The van der Waals surface area contributed by atoms with Crippen LogP contribution >= 0.6 is 0 Å². The van der Waals surface area contributed by atoms with Crippen LogP contribution in [0.2, 0.25) is 0 Å². The maximum atomic E-state index is 12.5. The predicted octanol–water partition coefficient (Wildman–Crippen LogP) is 4.46. The van der Waals surface area contributed by atoms with Gasteiger partial charge in [-0.2, -0.15) is 0 Å². The molecule has 0 saturated carbocycles. The second kappa shape index (κ2) is 11.0. The number of carbonyl (C=O) groups excluding carboxylic acids is 2. The molecule has 0 aliphatic heterocycles. The molecule has 1 aliphatic carbocycles. The second-order valence-corrected chi connectivity index (χ2v) is 9.04. The van der Waals surface area contributed by atoms with Crippen molar-refractivity contribution >= 4 is 18.0 Å². The summed E-state index contributed by atoms with van der Waals surface area (Å²) in [6.07, 6.45) is 1.47. The van der Waals surface area contributed by atoms with E-state index < -0.39 is 17.6 Å². The molecule has 0 unspecified atom stereocenters. The van der Waals surface area contributed by atoms with Crippen LogP contribution in [0.1, 0.15) is 63.0 Å². The molecule has 176 valence electrons. The fourth-order valence-corrected chi connectivity index (χ4v) is 4.12. The minimum absolute atomic E-state index is 0.00170. The summed E-state index contributed by atoms with van der Waals surface area (Å²) >= 11 is 0. The van der Waals surface area contributed by atoms with Crippen molar-refractivity contribution in [1.29, 1.82) is 0 Å². The zero-order chi connectivity index (χ0) is 23.8. The number of carboxylic acids is 1. The first-order chi connectivity index (χ1) is 15.8. The van der Waals surface area contributed by atoms with E-state index in [0.717, 1.165) is 11.1 Å². The monoisotopic (exact) mass is 452 g/mol. The van der Waals surface area contributed by atoms with Gasteiger partial charge in [0.1, 0.15) is 6.61 Å². The number of nitrogens with one attached hydrogen (secondary N) is 2. The summed E-state index contributed by atoms with van der Waals surface area (Å²) in [5.41, 5.74) is 4.06. The van der Waals surface area contributed by atoms with Gasteiger partial charge >= 0.3 is 12.1 Å². The summed E-state index contributed by atoms with van der Waals surface area (Å²) in [6.45, 7) is 4.41. The van der Waals surface area contributed by atoms with Crippen molar-refractivity contribution in [2.45, 2.75) is 57.4 Å². The average Bonchev–Trinajstić information content (AvgIpc) is 3.09. The topological polar surface area (TPSA) is 105 Å². The highest BCUT2D eigenvalue weighted by atomic mass is 16.5. The molecule has 2 aromatic rings. The van der Waals surface area contributed by atoms with Gasteiger partial charge in [0.05, 0.1) is 0 Å². The molecule has 0 heterocycles. The van der Waals surface area contributed by atoms with E-state index in [1.807, 2.05) is 38.1 Å². The van der Waals surface area contributed by atoms with E-state index in [1.54, 1.807) is 0 Å². The number of hydrogen-bond donors (Lipinski definition) is 3. The van der Waals surface area contributed by atoms with Gasteiger partial charge in [0.2, 0.25) is 5.91 Å². The third-order valence-electron chi connectivity index (χ3n) is 5.90. The van der Waals surface area contributed by atoms with Crippen LogP contribution in [0, 0.1) is 0 Å². The van der Waals surface area contributed by atoms with Crippen molar-refractivity contribution in [3.05, 3.63) is 59.7 Å². The predicted molar refractivity (Wildman–Crippen MR) is 126 cm³/mol. The molecule has 0 atom stereocenters. The van der Waals surface area contributed by atoms with Gasteiger partial charge in [-0.05, 0) is 55.4 Å². The van der Waals surface area contributed by atoms with Crippen LogP contribution in [0.25, 0.3) is 11.1 Å². The first-order valence-corrected chi connectivity index (χ1v) is 11.4. The number of fused-ring (bicyclic) bond motifs is 3. The maximum Gasteiger partial charge on any atom is 0.407 e. The summed E-state index contributed by atoms with van der Waals surface area (Å²) in [7, 11) is 0. The molecule has 3 N–H and O–H groups in total. The Morgan fingerprint density at radius 3 is 2.15 bits per heavy atom. The van der Waals surface area contributed by atoms with Crippen LogP contribution in [-0.4, -0.2) is 41.8 Å². The zero-order valence-electron chi connectivity index (χ0n) is 19.2. The summed E-state index contributed by atoms with van der Waals surface area (Å²) < 4.78 is 5.59. The maximum absolute atomic E-state index is 12.5. The van der Waals surface area contributed by atoms with Crippen LogP contribution in [0.4, 0.5) is 4.79 Å². The third-order valence-corrected chi connectivity index (χ3v) is 5.90. The quantitative estimate of drug-likeness (QED) is 0.437. The normalized spacial score (nSPS) is 12.5. The van der Waals surface area contributed by atoms with E-state index in [1.165, 1.54) is 11.1 Å². The Balaban J connectivity index is 1.44. The molecule has 7 heteroatoms. The molecular formula is C26H32N2O5. The first-order valence-electron chi connectivity index (χ1n) is 11.4. The van der Waals surface area contributed by atoms with E-state index in [2.05, 4.69) is 34.9 Å². The lowest BCUT2D eigenvalue weighted by atomic mass is 9.98. The molecule has 1 aliphatic rings. The summed E-state index contributed by atoms with van der Waals surface area (Å²) in [4.78, 5) is 35.0. The number of benzene rings is 2. The molecule has 33 heavy (non-hydrogen) atoms. The van der Waals surface area contributed by atoms with Gasteiger partial charge in [0, 0.05) is 30.8 Å². The van der Waals surface area contributed by atoms with E-state index in [0.29, 0.717) is 25.8 Å². The summed E-state index contributed by atoms with van der Waals surface area (Å²) in [5.74, 6) is -0.951. The van der Waals surface area contributed by atoms with Gasteiger partial charge in [-0.25, -0.2) is 4.79 Å². The van der Waals surface area contributed by atoms with E-state index in [4.69, 9.17) is 9.84 Å². The van der Waals surface area contributed by atoms with Gasteiger partial charge in [-0.15, -0.1) is 0 Å². The van der Waals surface area contributed by atoms with Gasteiger partial charge < -0.3 is 20.5 Å². The number of aliphatic carboxylic acids is 1. The molecule has 0 spiro atoms. The number of carboxylic acid groups (broad SMARTS) is 1. The van der Waals surface area contributed by atoms with E-state index >= 15 is 0 Å². The van der Waals surface area contributed by atoms with Crippen LogP contribution in [0.5, 0.6) is 0 Å².